The van der Waals surface area contributed by atoms with Crippen LogP contribution < -0.4 is 5.73 Å². The molecule has 1 aromatic carbocycles. The Kier molecular flexibility index (Phi) is 3.89. The van der Waals surface area contributed by atoms with Crippen LogP contribution in [0, 0.1) is 5.82 Å². The molecule has 4 nitrogen and oxygen atoms in total. The van der Waals surface area contributed by atoms with E-state index in [-0.39, 0.29) is 18.4 Å². The Hall–Kier alpha value is -2.12. The van der Waals surface area contributed by atoms with Gasteiger partial charge in [-0.2, -0.15) is 13.2 Å². The third-order valence-electron chi connectivity index (χ3n) is 3.38. The molecule has 8 heteroatoms. The van der Waals surface area contributed by atoms with Crippen LogP contribution in [0.15, 0.2) is 18.2 Å². The van der Waals surface area contributed by atoms with Gasteiger partial charge in [0.15, 0.2) is 0 Å². The van der Waals surface area contributed by atoms with Gasteiger partial charge in [0.25, 0.3) is 0 Å². The molecule has 1 heterocycles. The SMILES string of the molecule is NC(=O)[C@@H]1CCC(=O)N1Cc1cccc(C(F)(F)F)c1F. The Bertz CT molecular complexity index is 586. The average Bonchev–Trinajstić information content (AvgIpc) is 2.72. The fourth-order valence-corrected chi connectivity index (χ4v) is 2.33. The van der Waals surface area contributed by atoms with Gasteiger partial charge in [0.1, 0.15) is 11.9 Å². The summed E-state index contributed by atoms with van der Waals surface area (Å²) in [7, 11) is 0. The molecule has 1 saturated heterocycles. The lowest BCUT2D eigenvalue weighted by molar-refractivity contribution is -0.140. The number of carbonyl (C=O) groups is 2. The van der Waals surface area contributed by atoms with E-state index < -0.39 is 42.0 Å². The first-order valence-electron chi connectivity index (χ1n) is 6.15. The minimum absolute atomic E-state index is 0.0637. The largest absolute Gasteiger partial charge is 0.419 e. The first-order chi connectivity index (χ1) is 9.71. The summed E-state index contributed by atoms with van der Waals surface area (Å²) in [6.07, 6.45) is -4.57. The van der Waals surface area contributed by atoms with Crippen molar-refractivity contribution in [3.8, 4) is 0 Å². The highest BCUT2D eigenvalue weighted by atomic mass is 19.4. The standard InChI is InChI=1S/C13H12F4N2O2/c14-11-7(2-1-3-8(11)13(15,16)17)6-19-9(12(18)21)4-5-10(19)20/h1-3,9H,4-6H2,(H2,18,21)/t9-/m0/s1. The van der Waals surface area contributed by atoms with E-state index in [1.807, 2.05) is 0 Å². The molecule has 2 rings (SSSR count). The number of nitrogens with two attached hydrogens (primary N) is 1. The lowest BCUT2D eigenvalue weighted by Crippen LogP contribution is -2.41. The van der Waals surface area contributed by atoms with E-state index in [1.54, 1.807) is 0 Å². The highest BCUT2D eigenvalue weighted by molar-refractivity contribution is 5.89. The third kappa shape index (κ3) is 2.98. The second-order valence-electron chi connectivity index (χ2n) is 4.75. The van der Waals surface area contributed by atoms with Crippen molar-refractivity contribution in [3.05, 3.63) is 35.1 Å². The van der Waals surface area contributed by atoms with E-state index in [2.05, 4.69) is 0 Å². The number of amides is 2. The molecule has 1 atom stereocenters. The maximum atomic E-state index is 13.9. The van der Waals surface area contributed by atoms with Gasteiger partial charge in [-0.3, -0.25) is 9.59 Å². The van der Waals surface area contributed by atoms with Crippen molar-refractivity contribution in [1.82, 2.24) is 4.90 Å². The molecule has 0 aromatic heterocycles. The van der Waals surface area contributed by atoms with Crippen LogP contribution in [0.1, 0.15) is 24.0 Å². The van der Waals surface area contributed by atoms with Crippen LogP contribution in [0.3, 0.4) is 0 Å². The first-order valence-corrected chi connectivity index (χ1v) is 6.15. The van der Waals surface area contributed by atoms with Gasteiger partial charge >= 0.3 is 6.18 Å². The average molecular weight is 304 g/mol. The summed E-state index contributed by atoms with van der Waals surface area (Å²) < 4.78 is 51.8. The summed E-state index contributed by atoms with van der Waals surface area (Å²) in [5.74, 6) is -2.63. The fraction of sp³-hybridized carbons (Fsp3) is 0.385. The number of hydrogen-bond donors (Lipinski definition) is 1. The second-order valence-corrected chi connectivity index (χ2v) is 4.75. The van der Waals surface area contributed by atoms with Gasteiger partial charge in [0, 0.05) is 18.5 Å². The van der Waals surface area contributed by atoms with E-state index in [0.717, 1.165) is 17.0 Å². The van der Waals surface area contributed by atoms with Gasteiger partial charge in [-0.05, 0) is 12.5 Å². The van der Waals surface area contributed by atoms with E-state index in [0.29, 0.717) is 6.07 Å². The van der Waals surface area contributed by atoms with Crippen molar-refractivity contribution in [2.24, 2.45) is 5.73 Å². The Morgan fingerprint density at radius 3 is 2.62 bits per heavy atom. The van der Waals surface area contributed by atoms with Crippen molar-refractivity contribution in [2.45, 2.75) is 31.6 Å². The fourth-order valence-electron chi connectivity index (χ4n) is 2.33. The smallest absolute Gasteiger partial charge is 0.368 e. The number of likely N-dealkylation sites (tertiary alicyclic amines) is 1. The Balaban J connectivity index is 2.31. The predicted octanol–water partition coefficient (Wildman–Crippen LogP) is 1.82. The van der Waals surface area contributed by atoms with Crippen LogP contribution in [0.2, 0.25) is 0 Å². The minimum atomic E-state index is -4.82. The lowest BCUT2D eigenvalue weighted by atomic mass is 10.1. The molecule has 1 aliphatic rings. The maximum Gasteiger partial charge on any atom is 0.419 e. The molecular formula is C13H12F4N2O2. The molecule has 0 bridgehead atoms. The first kappa shape index (κ1) is 15.3. The van der Waals surface area contributed by atoms with Gasteiger partial charge in [0.05, 0.1) is 5.56 Å². The number of primary amides is 1. The van der Waals surface area contributed by atoms with Crippen LogP contribution in [0.5, 0.6) is 0 Å². The summed E-state index contributed by atoms with van der Waals surface area (Å²) in [6.45, 7) is -0.414. The molecule has 1 fully saturated rings. The highest BCUT2D eigenvalue weighted by Crippen LogP contribution is 2.33. The molecule has 0 spiro atoms. The van der Waals surface area contributed by atoms with Gasteiger partial charge in [0.2, 0.25) is 11.8 Å². The van der Waals surface area contributed by atoms with Crippen LogP contribution in [0.25, 0.3) is 0 Å². The van der Waals surface area contributed by atoms with E-state index in [9.17, 15) is 27.2 Å². The Morgan fingerprint density at radius 1 is 1.38 bits per heavy atom. The van der Waals surface area contributed by atoms with Crippen LogP contribution in [0.4, 0.5) is 17.6 Å². The molecule has 0 saturated carbocycles. The minimum Gasteiger partial charge on any atom is -0.368 e. The van der Waals surface area contributed by atoms with Gasteiger partial charge in [-0.1, -0.05) is 12.1 Å². The number of rotatable bonds is 3. The van der Waals surface area contributed by atoms with Crippen molar-refractivity contribution in [2.75, 3.05) is 0 Å². The van der Waals surface area contributed by atoms with Crippen molar-refractivity contribution >= 4 is 11.8 Å². The van der Waals surface area contributed by atoms with E-state index >= 15 is 0 Å². The molecule has 114 valence electrons. The summed E-state index contributed by atoms with van der Waals surface area (Å²) in [6, 6.07) is 1.91. The van der Waals surface area contributed by atoms with Crippen molar-refractivity contribution in [3.63, 3.8) is 0 Å². The van der Waals surface area contributed by atoms with Gasteiger partial charge < -0.3 is 10.6 Å². The molecule has 1 aromatic rings. The zero-order valence-electron chi connectivity index (χ0n) is 10.8. The number of carbonyl (C=O) groups excluding carboxylic acids is 2. The Labute approximate surface area is 117 Å². The summed E-state index contributed by atoms with van der Waals surface area (Å²) >= 11 is 0. The number of hydrogen-bond acceptors (Lipinski definition) is 2. The number of halogens is 4. The van der Waals surface area contributed by atoms with Gasteiger partial charge in [-0.25, -0.2) is 4.39 Å². The molecule has 2 N–H and O–H groups in total. The van der Waals surface area contributed by atoms with E-state index in [4.69, 9.17) is 5.73 Å². The van der Waals surface area contributed by atoms with Gasteiger partial charge in [-0.15, -0.1) is 0 Å². The zero-order chi connectivity index (χ0) is 15.8. The molecule has 1 aliphatic heterocycles. The molecule has 0 radical (unpaired) electrons. The summed E-state index contributed by atoms with van der Waals surface area (Å²) in [5.41, 5.74) is 3.43. The van der Waals surface area contributed by atoms with Crippen LogP contribution in [-0.4, -0.2) is 22.8 Å². The highest BCUT2D eigenvalue weighted by Gasteiger charge is 2.37. The quantitative estimate of drug-likeness (QED) is 0.866. The molecule has 0 unspecified atom stereocenters. The normalized spacial score (nSPS) is 19.1. The third-order valence-corrected chi connectivity index (χ3v) is 3.38. The maximum absolute atomic E-state index is 13.9. The van der Waals surface area contributed by atoms with Crippen molar-refractivity contribution < 1.29 is 27.2 Å². The monoisotopic (exact) mass is 304 g/mol. The number of benzene rings is 1. The van der Waals surface area contributed by atoms with E-state index in [1.165, 1.54) is 0 Å². The predicted molar refractivity (Wildman–Crippen MR) is 64.2 cm³/mol. The molecular weight excluding hydrogens is 292 g/mol. The molecule has 0 aliphatic carbocycles. The second kappa shape index (κ2) is 5.34. The number of nitrogens with zero attached hydrogens (tertiary/aromatic N) is 1. The summed E-state index contributed by atoms with van der Waals surface area (Å²) in [5, 5.41) is 0. The number of alkyl halides is 3. The molecule has 2 amide bonds. The Morgan fingerprint density at radius 2 is 2.05 bits per heavy atom. The topological polar surface area (TPSA) is 63.4 Å². The lowest BCUT2D eigenvalue weighted by Gasteiger charge is -2.23. The summed E-state index contributed by atoms with van der Waals surface area (Å²) in [4.78, 5) is 23.9. The molecule has 21 heavy (non-hydrogen) atoms. The van der Waals surface area contributed by atoms with Crippen molar-refractivity contribution in [1.29, 1.82) is 0 Å². The van der Waals surface area contributed by atoms with Crippen LogP contribution in [-0.2, 0) is 22.3 Å². The zero-order valence-corrected chi connectivity index (χ0v) is 10.8. The van der Waals surface area contributed by atoms with Crippen LogP contribution >= 0.6 is 0 Å².